The molecular formula is C13H15F4NO. The molecule has 1 aromatic rings. The number of amides is 1. The van der Waals surface area contributed by atoms with Crippen LogP contribution in [0.2, 0.25) is 0 Å². The summed E-state index contributed by atoms with van der Waals surface area (Å²) >= 11 is 0. The highest BCUT2D eigenvalue weighted by atomic mass is 19.3. The Hall–Kier alpha value is -1.59. The van der Waals surface area contributed by atoms with E-state index in [1.807, 2.05) is 0 Å². The summed E-state index contributed by atoms with van der Waals surface area (Å²) in [6, 6.07) is 8.42. The van der Waals surface area contributed by atoms with Crippen LogP contribution in [0.3, 0.4) is 0 Å². The molecule has 0 bridgehead atoms. The second-order valence-corrected chi connectivity index (χ2v) is 4.14. The van der Waals surface area contributed by atoms with E-state index in [9.17, 15) is 22.4 Å². The number of alkyl halides is 4. The molecule has 0 aliphatic rings. The van der Waals surface area contributed by atoms with Crippen LogP contribution < -0.4 is 0 Å². The highest BCUT2D eigenvalue weighted by Gasteiger charge is 2.50. The summed E-state index contributed by atoms with van der Waals surface area (Å²) < 4.78 is 50.6. The van der Waals surface area contributed by atoms with Gasteiger partial charge in [-0.15, -0.1) is 0 Å². The van der Waals surface area contributed by atoms with Crippen LogP contribution in [0.1, 0.15) is 18.9 Å². The minimum atomic E-state index is -4.63. The van der Waals surface area contributed by atoms with Crippen LogP contribution in [0.4, 0.5) is 17.6 Å². The Morgan fingerprint density at radius 1 is 1.26 bits per heavy atom. The summed E-state index contributed by atoms with van der Waals surface area (Å²) in [6.45, 7) is 1.59. The second kappa shape index (κ2) is 6.54. The Labute approximate surface area is 109 Å². The Kier molecular flexibility index (Phi) is 5.32. The summed E-state index contributed by atoms with van der Waals surface area (Å²) in [5, 5.41) is 0. The van der Waals surface area contributed by atoms with Gasteiger partial charge in [-0.3, -0.25) is 4.79 Å². The predicted molar refractivity (Wildman–Crippen MR) is 63.1 cm³/mol. The zero-order chi connectivity index (χ0) is 14.5. The molecule has 0 aliphatic carbocycles. The monoisotopic (exact) mass is 277 g/mol. The van der Waals surface area contributed by atoms with Gasteiger partial charge in [0.05, 0.1) is 0 Å². The molecule has 0 saturated heterocycles. The van der Waals surface area contributed by atoms with Crippen molar-refractivity contribution in [1.82, 2.24) is 4.90 Å². The molecule has 1 amide bonds. The maximum absolute atomic E-state index is 13.1. The van der Waals surface area contributed by atoms with Gasteiger partial charge >= 0.3 is 12.3 Å². The number of hydrogen-bond donors (Lipinski definition) is 0. The van der Waals surface area contributed by atoms with E-state index in [1.54, 1.807) is 37.3 Å². The fourth-order valence-corrected chi connectivity index (χ4v) is 1.63. The Balaban J connectivity index is 2.86. The van der Waals surface area contributed by atoms with E-state index in [-0.39, 0.29) is 13.1 Å². The summed E-state index contributed by atoms with van der Waals surface area (Å²) in [7, 11) is 0. The molecule has 0 fully saturated rings. The van der Waals surface area contributed by atoms with E-state index in [4.69, 9.17) is 0 Å². The minimum absolute atomic E-state index is 0.00996. The Morgan fingerprint density at radius 2 is 1.84 bits per heavy atom. The van der Waals surface area contributed by atoms with E-state index in [2.05, 4.69) is 0 Å². The van der Waals surface area contributed by atoms with Crippen LogP contribution in [0, 0.1) is 0 Å². The van der Waals surface area contributed by atoms with Crippen molar-refractivity contribution in [3.05, 3.63) is 35.9 Å². The summed E-state index contributed by atoms with van der Waals surface area (Å²) in [5.74, 6) is -6.46. The fourth-order valence-electron chi connectivity index (χ4n) is 1.63. The zero-order valence-electron chi connectivity index (χ0n) is 10.5. The number of carbonyl (C=O) groups excluding carboxylic acids is 1. The molecule has 106 valence electrons. The lowest BCUT2D eigenvalue weighted by Gasteiger charge is -2.26. The lowest BCUT2D eigenvalue weighted by Crippen LogP contribution is -2.47. The van der Waals surface area contributed by atoms with Crippen LogP contribution in [-0.2, 0) is 11.3 Å². The number of hydrogen-bond acceptors (Lipinski definition) is 1. The third-order valence-electron chi connectivity index (χ3n) is 2.56. The SMILES string of the molecule is CCCN(Cc1ccccc1)C(=O)C(F)(F)C(F)F. The summed E-state index contributed by atoms with van der Waals surface area (Å²) in [5.41, 5.74) is 0.620. The van der Waals surface area contributed by atoms with Crippen LogP contribution in [0.5, 0.6) is 0 Å². The first-order valence-corrected chi connectivity index (χ1v) is 5.88. The molecule has 0 heterocycles. The van der Waals surface area contributed by atoms with Gasteiger partial charge in [-0.05, 0) is 12.0 Å². The smallest absolute Gasteiger partial charge is 0.333 e. The Bertz CT molecular complexity index is 408. The molecule has 0 N–H and O–H groups in total. The highest BCUT2D eigenvalue weighted by Crippen LogP contribution is 2.26. The molecule has 1 rings (SSSR count). The molecule has 1 aromatic carbocycles. The number of halogens is 4. The van der Waals surface area contributed by atoms with Gasteiger partial charge in [0.25, 0.3) is 5.91 Å². The molecule has 19 heavy (non-hydrogen) atoms. The molecule has 0 atom stereocenters. The molecule has 0 radical (unpaired) electrons. The van der Waals surface area contributed by atoms with Crippen LogP contribution in [-0.4, -0.2) is 29.7 Å². The third-order valence-corrected chi connectivity index (χ3v) is 2.56. The second-order valence-electron chi connectivity index (χ2n) is 4.14. The molecule has 0 saturated carbocycles. The molecule has 0 spiro atoms. The Morgan fingerprint density at radius 3 is 2.32 bits per heavy atom. The molecule has 0 aliphatic heterocycles. The average molecular weight is 277 g/mol. The van der Waals surface area contributed by atoms with Crippen molar-refractivity contribution in [2.45, 2.75) is 32.2 Å². The molecule has 0 aromatic heterocycles. The van der Waals surface area contributed by atoms with E-state index < -0.39 is 18.3 Å². The van der Waals surface area contributed by atoms with E-state index in [0.29, 0.717) is 12.0 Å². The normalized spacial score (nSPS) is 11.7. The van der Waals surface area contributed by atoms with Gasteiger partial charge in [0.15, 0.2) is 0 Å². The number of nitrogens with zero attached hydrogens (tertiary/aromatic N) is 1. The largest absolute Gasteiger partial charge is 0.383 e. The highest BCUT2D eigenvalue weighted by molar-refractivity contribution is 5.84. The van der Waals surface area contributed by atoms with E-state index >= 15 is 0 Å². The van der Waals surface area contributed by atoms with Crippen LogP contribution in [0.25, 0.3) is 0 Å². The van der Waals surface area contributed by atoms with Gasteiger partial charge in [-0.2, -0.15) is 8.78 Å². The maximum Gasteiger partial charge on any atom is 0.383 e. The van der Waals surface area contributed by atoms with Gasteiger partial charge in [0, 0.05) is 13.1 Å². The van der Waals surface area contributed by atoms with Crippen molar-refractivity contribution < 1.29 is 22.4 Å². The van der Waals surface area contributed by atoms with Crippen molar-refractivity contribution in [1.29, 1.82) is 0 Å². The number of benzene rings is 1. The van der Waals surface area contributed by atoms with E-state index in [0.717, 1.165) is 4.90 Å². The standard InChI is InChI=1S/C13H15F4NO/c1-2-8-18(9-10-6-4-3-5-7-10)12(19)13(16,17)11(14)15/h3-7,11H,2,8-9H2,1H3. The predicted octanol–water partition coefficient (Wildman–Crippen LogP) is 3.33. The van der Waals surface area contributed by atoms with Gasteiger partial charge < -0.3 is 4.90 Å². The first-order valence-electron chi connectivity index (χ1n) is 5.88. The first-order chi connectivity index (χ1) is 8.89. The maximum atomic E-state index is 13.1. The van der Waals surface area contributed by atoms with E-state index in [1.165, 1.54) is 0 Å². The molecular weight excluding hydrogens is 262 g/mol. The minimum Gasteiger partial charge on any atom is -0.333 e. The number of carbonyl (C=O) groups is 1. The van der Waals surface area contributed by atoms with Gasteiger partial charge in [-0.1, -0.05) is 37.3 Å². The molecule has 0 unspecified atom stereocenters. The van der Waals surface area contributed by atoms with Gasteiger partial charge in [-0.25, -0.2) is 8.78 Å². The van der Waals surface area contributed by atoms with Crippen molar-refractivity contribution in [3.63, 3.8) is 0 Å². The van der Waals surface area contributed by atoms with Crippen molar-refractivity contribution in [3.8, 4) is 0 Å². The molecule has 6 heteroatoms. The average Bonchev–Trinajstić information content (AvgIpc) is 2.38. The molecule has 2 nitrogen and oxygen atoms in total. The van der Waals surface area contributed by atoms with Crippen molar-refractivity contribution >= 4 is 5.91 Å². The third kappa shape index (κ3) is 3.94. The summed E-state index contributed by atoms with van der Waals surface area (Å²) in [6.07, 6.45) is -3.58. The quantitative estimate of drug-likeness (QED) is 0.730. The lowest BCUT2D eigenvalue weighted by molar-refractivity contribution is -0.181. The lowest BCUT2D eigenvalue weighted by atomic mass is 10.2. The number of rotatable bonds is 6. The van der Waals surface area contributed by atoms with Gasteiger partial charge in [0.2, 0.25) is 0 Å². The topological polar surface area (TPSA) is 20.3 Å². The van der Waals surface area contributed by atoms with Crippen molar-refractivity contribution in [2.75, 3.05) is 6.54 Å². The zero-order valence-corrected chi connectivity index (χ0v) is 10.5. The van der Waals surface area contributed by atoms with Crippen LogP contribution in [0.15, 0.2) is 30.3 Å². The first kappa shape index (κ1) is 15.5. The van der Waals surface area contributed by atoms with Gasteiger partial charge in [0.1, 0.15) is 0 Å². The summed E-state index contributed by atoms with van der Waals surface area (Å²) in [4.78, 5) is 12.3. The van der Waals surface area contributed by atoms with Crippen LogP contribution >= 0.6 is 0 Å². The fraction of sp³-hybridized carbons (Fsp3) is 0.462. The van der Waals surface area contributed by atoms with Crippen molar-refractivity contribution in [2.24, 2.45) is 0 Å².